The monoisotopic (exact) mass is 515 g/mol. The number of nitrogens with one attached hydrogen (secondary N) is 1. The van der Waals surface area contributed by atoms with Gasteiger partial charge in [-0.15, -0.1) is 0 Å². The summed E-state index contributed by atoms with van der Waals surface area (Å²) in [5.41, 5.74) is -1.00. The standard InChI is InChI=1S/C21H28F3N7O3S/c1-14-9-17(5-8-31(14)35(33,34)30-6-3-15(13-32)4-7-30)27-20-25-11-18(21(22,23)24)19(28-20)16-10-26-29(2)12-16/h10-15,17H,3-9H2,1-2H3,(H,25,27,28). The molecule has 2 aliphatic rings. The molecule has 35 heavy (non-hydrogen) atoms. The minimum atomic E-state index is -4.63. The summed E-state index contributed by atoms with van der Waals surface area (Å²) in [6.07, 6.45) is 1.68. The number of hydrogen-bond donors (Lipinski definition) is 1. The first-order valence-corrected chi connectivity index (χ1v) is 12.8. The normalized spacial score (nSPS) is 23.3. The maximum absolute atomic E-state index is 13.5. The smallest absolute Gasteiger partial charge is 0.351 e. The van der Waals surface area contributed by atoms with E-state index in [9.17, 15) is 26.4 Å². The van der Waals surface area contributed by atoms with Gasteiger partial charge < -0.3 is 10.1 Å². The highest BCUT2D eigenvalue weighted by atomic mass is 32.2. The van der Waals surface area contributed by atoms with E-state index in [1.165, 1.54) is 25.7 Å². The zero-order valence-electron chi connectivity index (χ0n) is 19.4. The van der Waals surface area contributed by atoms with Crippen LogP contribution in [0.25, 0.3) is 11.3 Å². The van der Waals surface area contributed by atoms with E-state index in [4.69, 9.17) is 0 Å². The topological polar surface area (TPSA) is 113 Å². The van der Waals surface area contributed by atoms with Gasteiger partial charge >= 0.3 is 6.18 Å². The van der Waals surface area contributed by atoms with Gasteiger partial charge in [-0.05, 0) is 32.6 Å². The van der Waals surface area contributed by atoms with Gasteiger partial charge in [0.1, 0.15) is 11.8 Å². The van der Waals surface area contributed by atoms with E-state index < -0.39 is 21.9 Å². The van der Waals surface area contributed by atoms with Crippen LogP contribution in [0, 0.1) is 5.92 Å². The third kappa shape index (κ3) is 5.48. The molecule has 2 aromatic heterocycles. The van der Waals surface area contributed by atoms with Gasteiger partial charge in [-0.3, -0.25) is 4.68 Å². The van der Waals surface area contributed by atoms with Crippen LogP contribution < -0.4 is 5.32 Å². The number of nitrogens with zero attached hydrogens (tertiary/aromatic N) is 6. The number of halogens is 3. The molecule has 2 fully saturated rings. The van der Waals surface area contributed by atoms with Crippen molar-refractivity contribution in [2.45, 2.75) is 50.9 Å². The molecule has 2 saturated heterocycles. The van der Waals surface area contributed by atoms with Crippen molar-refractivity contribution in [3.05, 3.63) is 24.2 Å². The number of aromatic nitrogens is 4. The zero-order chi connectivity index (χ0) is 25.4. The van der Waals surface area contributed by atoms with Gasteiger partial charge in [0, 0.05) is 62.6 Å². The molecule has 0 spiro atoms. The number of alkyl halides is 3. The molecule has 2 unspecified atom stereocenters. The summed E-state index contributed by atoms with van der Waals surface area (Å²) in [7, 11) is -2.07. The first-order chi connectivity index (χ1) is 16.5. The zero-order valence-corrected chi connectivity index (χ0v) is 20.3. The molecule has 14 heteroatoms. The summed E-state index contributed by atoms with van der Waals surface area (Å²) in [5, 5.41) is 7.02. The summed E-state index contributed by atoms with van der Waals surface area (Å²) in [5.74, 6) is -0.0598. The molecular formula is C21H28F3N7O3S. The molecule has 0 aromatic carbocycles. The second kappa shape index (κ2) is 9.82. The predicted molar refractivity (Wildman–Crippen MR) is 121 cm³/mol. The van der Waals surface area contributed by atoms with Crippen LogP contribution in [0.2, 0.25) is 0 Å². The molecule has 0 radical (unpaired) electrons. The third-order valence-corrected chi connectivity index (χ3v) is 8.69. The van der Waals surface area contributed by atoms with Crippen molar-refractivity contribution in [3.8, 4) is 11.3 Å². The molecule has 0 saturated carbocycles. The van der Waals surface area contributed by atoms with Crippen molar-refractivity contribution in [2.24, 2.45) is 13.0 Å². The summed E-state index contributed by atoms with van der Waals surface area (Å²) < 4.78 is 71.1. The number of aldehydes is 1. The molecule has 2 atom stereocenters. The number of piperidine rings is 2. The fourth-order valence-electron chi connectivity index (χ4n) is 4.62. The van der Waals surface area contributed by atoms with Crippen LogP contribution in [0.5, 0.6) is 0 Å². The third-order valence-electron chi connectivity index (χ3n) is 6.53. The molecule has 0 bridgehead atoms. The van der Waals surface area contributed by atoms with E-state index in [-0.39, 0.29) is 41.8 Å². The Hall–Kier alpha value is -2.58. The Morgan fingerprint density at radius 2 is 1.86 bits per heavy atom. The van der Waals surface area contributed by atoms with Gasteiger partial charge in [-0.2, -0.15) is 35.3 Å². The van der Waals surface area contributed by atoms with Gasteiger partial charge in [0.2, 0.25) is 5.95 Å². The van der Waals surface area contributed by atoms with Crippen LogP contribution in [-0.4, -0.2) is 74.8 Å². The Bertz CT molecular complexity index is 1160. The van der Waals surface area contributed by atoms with Gasteiger partial charge in [0.05, 0.1) is 11.9 Å². The Labute approximate surface area is 201 Å². The van der Waals surface area contributed by atoms with Crippen molar-refractivity contribution in [3.63, 3.8) is 0 Å². The number of anilines is 1. The van der Waals surface area contributed by atoms with E-state index in [0.717, 1.165) is 12.5 Å². The fourth-order valence-corrected chi connectivity index (χ4v) is 6.47. The van der Waals surface area contributed by atoms with Crippen molar-refractivity contribution >= 4 is 22.4 Å². The highest BCUT2D eigenvalue weighted by molar-refractivity contribution is 7.86. The van der Waals surface area contributed by atoms with Crippen LogP contribution in [0.15, 0.2) is 18.6 Å². The molecule has 1 N–H and O–H groups in total. The predicted octanol–water partition coefficient (Wildman–Crippen LogP) is 2.32. The van der Waals surface area contributed by atoms with Crippen LogP contribution >= 0.6 is 0 Å². The first-order valence-electron chi connectivity index (χ1n) is 11.4. The molecule has 4 heterocycles. The first kappa shape index (κ1) is 25.5. The highest BCUT2D eigenvalue weighted by Crippen LogP contribution is 2.36. The number of rotatable bonds is 6. The molecule has 0 aliphatic carbocycles. The van der Waals surface area contributed by atoms with Crippen LogP contribution in [0.4, 0.5) is 19.1 Å². The lowest BCUT2D eigenvalue weighted by Crippen LogP contribution is -2.54. The summed E-state index contributed by atoms with van der Waals surface area (Å²) in [6.45, 7) is 2.68. The second-order valence-corrected chi connectivity index (χ2v) is 10.9. The van der Waals surface area contributed by atoms with E-state index in [2.05, 4.69) is 20.4 Å². The molecule has 4 rings (SSSR count). The van der Waals surface area contributed by atoms with Crippen molar-refractivity contribution < 1.29 is 26.4 Å². The maximum Gasteiger partial charge on any atom is 0.419 e. The largest absolute Gasteiger partial charge is 0.419 e. The van der Waals surface area contributed by atoms with Crippen LogP contribution in [-0.2, 0) is 28.2 Å². The lowest BCUT2D eigenvalue weighted by atomic mass is 10.0. The molecule has 2 aliphatic heterocycles. The second-order valence-electron chi connectivity index (χ2n) is 9.06. The Balaban J connectivity index is 1.46. The number of aryl methyl sites for hydroxylation is 1. The number of carbonyl (C=O) groups excluding carboxylic acids is 1. The Morgan fingerprint density at radius 3 is 2.43 bits per heavy atom. The Kier molecular flexibility index (Phi) is 7.16. The average Bonchev–Trinajstić information content (AvgIpc) is 3.24. The summed E-state index contributed by atoms with van der Waals surface area (Å²) in [6, 6.07) is -0.543. The number of carbonyl (C=O) groups is 1. The van der Waals surface area contributed by atoms with Gasteiger partial charge in [0.25, 0.3) is 10.2 Å². The van der Waals surface area contributed by atoms with Crippen molar-refractivity contribution in [1.82, 2.24) is 28.4 Å². The maximum atomic E-state index is 13.5. The fraction of sp³-hybridized carbons (Fsp3) is 0.619. The molecule has 0 amide bonds. The quantitative estimate of drug-likeness (QED) is 0.588. The van der Waals surface area contributed by atoms with Crippen molar-refractivity contribution in [2.75, 3.05) is 25.0 Å². The van der Waals surface area contributed by atoms with Gasteiger partial charge in [-0.25, -0.2) is 9.97 Å². The van der Waals surface area contributed by atoms with Crippen LogP contribution in [0.1, 0.15) is 38.2 Å². The molecule has 10 nitrogen and oxygen atoms in total. The Morgan fingerprint density at radius 1 is 1.14 bits per heavy atom. The minimum Gasteiger partial charge on any atom is -0.351 e. The van der Waals surface area contributed by atoms with Gasteiger partial charge in [0.15, 0.2) is 0 Å². The van der Waals surface area contributed by atoms with E-state index in [0.29, 0.717) is 38.8 Å². The molecule has 192 valence electrons. The highest BCUT2D eigenvalue weighted by Gasteiger charge is 2.39. The molecular weight excluding hydrogens is 487 g/mol. The van der Waals surface area contributed by atoms with Crippen LogP contribution in [0.3, 0.4) is 0 Å². The SMILES string of the molecule is CC1CC(Nc2ncc(C(F)(F)F)c(-c3cnn(C)c3)n2)CCN1S(=O)(=O)N1CCC(C=O)CC1. The average molecular weight is 516 g/mol. The van der Waals surface area contributed by atoms with E-state index >= 15 is 0 Å². The lowest BCUT2D eigenvalue weighted by Gasteiger charge is -2.40. The molecule has 2 aromatic rings. The van der Waals surface area contributed by atoms with Crippen molar-refractivity contribution in [1.29, 1.82) is 0 Å². The summed E-state index contributed by atoms with van der Waals surface area (Å²) >= 11 is 0. The minimum absolute atomic E-state index is 0.0429. The van der Waals surface area contributed by atoms with Gasteiger partial charge in [-0.1, -0.05) is 0 Å². The van der Waals surface area contributed by atoms with E-state index in [1.807, 2.05) is 0 Å². The number of hydrogen-bond acceptors (Lipinski definition) is 7. The van der Waals surface area contributed by atoms with E-state index in [1.54, 1.807) is 14.0 Å². The summed E-state index contributed by atoms with van der Waals surface area (Å²) in [4.78, 5) is 19.0. The lowest BCUT2D eigenvalue weighted by molar-refractivity contribution is -0.137.